The summed E-state index contributed by atoms with van der Waals surface area (Å²) in [6, 6.07) is 8.93. The molecule has 1 fully saturated rings. The van der Waals surface area contributed by atoms with E-state index in [1.54, 1.807) is 24.3 Å². The molecule has 1 aromatic carbocycles. The standard InChI is InChI=1S/C17H22N2O2/c1-12-6-13(2)8-16(7-12)21-11-17(20)19-15-5-3-4-14(9-15)10-18/h3-5,9,12-13,16H,6-8,11H2,1-2H3,(H,19,20). The molecule has 112 valence electrons. The van der Waals surface area contributed by atoms with E-state index in [1.165, 1.54) is 6.42 Å². The van der Waals surface area contributed by atoms with Gasteiger partial charge in [-0.2, -0.15) is 5.26 Å². The SMILES string of the molecule is CC1CC(C)CC(OCC(=O)Nc2cccc(C#N)c2)C1. The molecule has 1 amide bonds. The summed E-state index contributed by atoms with van der Waals surface area (Å²) >= 11 is 0. The molecule has 1 aliphatic rings. The van der Waals surface area contributed by atoms with E-state index >= 15 is 0 Å². The molecule has 0 bridgehead atoms. The van der Waals surface area contributed by atoms with E-state index in [0.717, 1.165) is 12.8 Å². The molecule has 0 heterocycles. The summed E-state index contributed by atoms with van der Waals surface area (Å²) in [4.78, 5) is 11.9. The van der Waals surface area contributed by atoms with Gasteiger partial charge in [0, 0.05) is 5.69 Å². The molecule has 0 saturated heterocycles. The van der Waals surface area contributed by atoms with Gasteiger partial charge in [0.05, 0.1) is 17.7 Å². The first-order valence-electron chi connectivity index (χ1n) is 7.48. The van der Waals surface area contributed by atoms with Gasteiger partial charge in [0.15, 0.2) is 0 Å². The van der Waals surface area contributed by atoms with E-state index in [2.05, 4.69) is 25.2 Å². The van der Waals surface area contributed by atoms with Gasteiger partial charge in [-0.05, 0) is 49.3 Å². The molecule has 0 spiro atoms. The highest BCUT2D eigenvalue weighted by Gasteiger charge is 2.24. The quantitative estimate of drug-likeness (QED) is 0.923. The van der Waals surface area contributed by atoms with E-state index in [1.807, 2.05) is 0 Å². The highest BCUT2D eigenvalue weighted by Crippen LogP contribution is 2.30. The van der Waals surface area contributed by atoms with Gasteiger partial charge in [0.25, 0.3) is 0 Å². The van der Waals surface area contributed by atoms with E-state index in [0.29, 0.717) is 23.1 Å². The molecule has 4 heteroatoms. The Balaban J connectivity index is 1.80. The molecule has 1 aliphatic carbocycles. The van der Waals surface area contributed by atoms with Crippen molar-refractivity contribution in [2.75, 3.05) is 11.9 Å². The molecule has 1 aromatic rings. The summed E-state index contributed by atoms with van der Waals surface area (Å²) < 4.78 is 5.74. The van der Waals surface area contributed by atoms with Crippen molar-refractivity contribution in [3.63, 3.8) is 0 Å². The second-order valence-corrected chi connectivity index (χ2v) is 6.09. The Morgan fingerprint density at radius 1 is 1.33 bits per heavy atom. The van der Waals surface area contributed by atoms with E-state index in [-0.39, 0.29) is 18.6 Å². The molecule has 21 heavy (non-hydrogen) atoms. The van der Waals surface area contributed by atoms with Crippen LogP contribution in [0.15, 0.2) is 24.3 Å². The van der Waals surface area contributed by atoms with Crippen LogP contribution in [-0.2, 0) is 9.53 Å². The number of rotatable bonds is 4. The Morgan fingerprint density at radius 3 is 2.71 bits per heavy atom. The molecular formula is C17H22N2O2. The Kier molecular flexibility index (Phi) is 5.35. The molecule has 1 saturated carbocycles. The lowest BCUT2D eigenvalue weighted by Gasteiger charge is -2.31. The third kappa shape index (κ3) is 4.87. The predicted octanol–water partition coefficient (Wildman–Crippen LogP) is 3.34. The van der Waals surface area contributed by atoms with Crippen LogP contribution in [0.5, 0.6) is 0 Å². The Labute approximate surface area is 126 Å². The van der Waals surface area contributed by atoms with Crippen molar-refractivity contribution in [2.45, 2.75) is 39.2 Å². The number of carbonyl (C=O) groups excluding carboxylic acids is 1. The first-order chi connectivity index (χ1) is 10.1. The number of nitriles is 1. The lowest BCUT2D eigenvalue weighted by atomic mass is 9.82. The first-order valence-corrected chi connectivity index (χ1v) is 7.48. The van der Waals surface area contributed by atoms with Crippen LogP contribution in [0.25, 0.3) is 0 Å². The summed E-state index contributed by atoms with van der Waals surface area (Å²) in [6.07, 6.45) is 3.48. The van der Waals surface area contributed by atoms with Crippen molar-refractivity contribution in [3.05, 3.63) is 29.8 Å². The van der Waals surface area contributed by atoms with E-state index in [9.17, 15) is 4.79 Å². The smallest absolute Gasteiger partial charge is 0.250 e. The van der Waals surface area contributed by atoms with Crippen molar-refractivity contribution in [2.24, 2.45) is 11.8 Å². The zero-order valence-corrected chi connectivity index (χ0v) is 12.6. The molecule has 4 nitrogen and oxygen atoms in total. The van der Waals surface area contributed by atoms with Crippen LogP contribution in [-0.4, -0.2) is 18.6 Å². The highest BCUT2D eigenvalue weighted by molar-refractivity contribution is 5.91. The monoisotopic (exact) mass is 286 g/mol. The average Bonchev–Trinajstić information content (AvgIpc) is 2.44. The number of hydrogen-bond acceptors (Lipinski definition) is 3. The molecule has 2 atom stereocenters. The fourth-order valence-electron chi connectivity index (χ4n) is 3.07. The van der Waals surface area contributed by atoms with Crippen molar-refractivity contribution < 1.29 is 9.53 Å². The first kappa shape index (κ1) is 15.5. The maximum Gasteiger partial charge on any atom is 0.250 e. The summed E-state index contributed by atoms with van der Waals surface area (Å²) in [5.41, 5.74) is 1.16. The zero-order valence-electron chi connectivity index (χ0n) is 12.6. The van der Waals surface area contributed by atoms with Gasteiger partial charge < -0.3 is 10.1 Å². The second kappa shape index (κ2) is 7.24. The second-order valence-electron chi connectivity index (χ2n) is 6.09. The van der Waals surface area contributed by atoms with Crippen molar-refractivity contribution >= 4 is 11.6 Å². The maximum atomic E-state index is 11.9. The van der Waals surface area contributed by atoms with Crippen LogP contribution >= 0.6 is 0 Å². The molecule has 2 unspecified atom stereocenters. The van der Waals surface area contributed by atoms with Gasteiger partial charge in [-0.15, -0.1) is 0 Å². The number of anilines is 1. The third-order valence-corrected chi connectivity index (χ3v) is 3.86. The van der Waals surface area contributed by atoms with Crippen LogP contribution in [0, 0.1) is 23.2 Å². The Hall–Kier alpha value is -1.86. The average molecular weight is 286 g/mol. The van der Waals surface area contributed by atoms with Crippen LogP contribution < -0.4 is 5.32 Å². The van der Waals surface area contributed by atoms with Crippen molar-refractivity contribution in [1.29, 1.82) is 5.26 Å². The highest BCUT2D eigenvalue weighted by atomic mass is 16.5. The Bertz CT molecular complexity index is 526. The number of carbonyl (C=O) groups is 1. The zero-order chi connectivity index (χ0) is 15.2. The number of amides is 1. The predicted molar refractivity (Wildman–Crippen MR) is 81.7 cm³/mol. The minimum Gasteiger partial charge on any atom is -0.368 e. The third-order valence-electron chi connectivity index (χ3n) is 3.86. The van der Waals surface area contributed by atoms with Crippen LogP contribution in [0.4, 0.5) is 5.69 Å². The summed E-state index contributed by atoms with van der Waals surface area (Å²) in [5, 5.41) is 11.6. The molecule has 0 aromatic heterocycles. The number of benzene rings is 1. The molecular weight excluding hydrogens is 264 g/mol. The van der Waals surface area contributed by atoms with Gasteiger partial charge >= 0.3 is 0 Å². The summed E-state index contributed by atoms with van der Waals surface area (Å²) in [6.45, 7) is 4.54. The lowest BCUT2D eigenvalue weighted by molar-refractivity contribution is -0.124. The van der Waals surface area contributed by atoms with Crippen LogP contribution in [0.3, 0.4) is 0 Å². The minimum atomic E-state index is -0.170. The number of ether oxygens (including phenoxy) is 1. The van der Waals surface area contributed by atoms with Gasteiger partial charge in [-0.25, -0.2) is 0 Å². The minimum absolute atomic E-state index is 0.0703. The van der Waals surface area contributed by atoms with Gasteiger partial charge in [0.1, 0.15) is 6.61 Å². The van der Waals surface area contributed by atoms with Gasteiger partial charge in [-0.1, -0.05) is 19.9 Å². The number of nitrogens with zero attached hydrogens (tertiary/aromatic N) is 1. The fraction of sp³-hybridized carbons (Fsp3) is 0.529. The maximum absolute atomic E-state index is 11.9. The fourth-order valence-corrected chi connectivity index (χ4v) is 3.07. The molecule has 0 aliphatic heterocycles. The van der Waals surface area contributed by atoms with Crippen LogP contribution in [0.2, 0.25) is 0 Å². The van der Waals surface area contributed by atoms with Crippen LogP contribution in [0.1, 0.15) is 38.7 Å². The number of nitrogens with one attached hydrogen (secondary N) is 1. The van der Waals surface area contributed by atoms with E-state index < -0.39 is 0 Å². The normalized spacial score (nSPS) is 25.1. The lowest BCUT2D eigenvalue weighted by Crippen LogP contribution is -2.29. The van der Waals surface area contributed by atoms with Gasteiger partial charge in [0.2, 0.25) is 5.91 Å². The van der Waals surface area contributed by atoms with Crippen molar-refractivity contribution in [1.82, 2.24) is 0 Å². The topological polar surface area (TPSA) is 62.1 Å². The number of hydrogen-bond donors (Lipinski definition) is 1. The molecule has 1 N–H and O–H groups in total. The largest absolute Gasteiger partial charge is 0.368 e. The summed E-state index contributed by atoms with van der Waals surface area (Å²) in [5.74, 6) is 1.15. The van der Waals surface area contributed by atoms with Crippen molar-refractivity contribution in [3.8, 4) is 6.07 Å². The van der Waals surface area contributed by atoms with Gasteiger partial charge in [-0.3, -0.25) is 4.79 Å². The molecule has 2 rings (SSSR count). The van der Waals surface area contributed by atoms with E-state index in [4.69, 9.17) is 10.00 Å². The molecule has 0 radical (unpaired) electrons. The Morgan fingerprint density at radius 2 is 2.05 bits per heavy atom. The summed E-state index contributed by atoms with van der Waals surface area (Å²) in [7, 11) is 0.